The minimum atomic E-state index is -0.118. The van der Waals surface area contributed by atoms with Crippen molar-refractivity contribution in [2.45, 2.75) is 18.9 Å². The molecule has 4 nitrogen and oxygen atoms in total. The monoisotopic (exact) mass is 381 g/mol. The molecule has 1 aliphatic carbocycles. The average molecular weight is 382 g/mol. The van der Waals surface area contributed by atoms with Crippen molar-refractivity contribution in [2.75, 3.05) is 0 Å². The highest BCUT2D eigenvalue weighted by Crippen LogP contribution is 2.31. The standard InChI is InChI=1S/C19H16BrN3O/c20-14-8-5-13(6-9-14)17-11-18(23-22-17)19(24)21-16-10-7-12-3-1-2-4-15(12)16/h1-6,8-9,11,16H,7,10H2,(H,21,24)(H,22,23). The number of fused-ring (bicyclic) bond motifs is 1. The second-order valence-electron chi connectivity index (χ2n) is 5.94. The highest BCUT2D eigenvalue weighted by Gasteiger charge is 2.24. The van der Waals surface area contributed by atoms with Crippen LogP contribution in [0, 0.1) is 0 Å². The summed E-state index contributed by atoms with van der Waals surface area (Å²) in [4.78, 5) is 12.5. The van der Waals surface area contributed by atoms with Gasteiger partial charge >= 0.3 is 0 Å². The number of hydrogen-bond donors (Lipinski definition) is 2. The maximum Gasteiger partial charge on any atom is 0.269 e. The van der Waals surface area contributed by atoms with E-state index in [2.05, 4.69) is 43.6 Å². The van der Waals surface area contributed by atoms with Gasteiger partial charge in [-0.3, -0.25) is 9.89 Å². The van der Waals surface area contributed by atoms with E-state index in [9.17, 15) is 4.79 Å². The molecule has 1 heterocycles. The molecule has 0 saturated carbocycles. The quantitative estimate of drug-likeness (QED) is 0.711. The van der Waals surface area contributed by atoms with Crippen molar-refractivity contribution in [1.29, 1.82) is 0 Å². The lowest BCUT2D eigenvalue weighted by molar-refractivity contribution is 0.0931. The Kier molecular flexibility index (Phi) is 3.94. The normalized spacial score (nSPS) is 16.0. The first kappa shape index (κ1) is 15.1. The summed E-state index contributed by atoms with van der Waals surface area (Å²) in [5, 5.41) is 10.2. The minimum absolute atomic E-state index is 0.0770. The van der Waals surface area contributed by atoms with E-state index in [0.29, 0.717) is 5.69 Å². The van der Waals surface area contributed by atoms with Gasteiger partial charge in [-0.25, -0.2) is 0 Å². The first-order valence-corrected chi connectivity index (χ1v) is 8.70. The zero-order valence-electron chi connectivity index (χ0n) is 12.9. The molecule has 120 valence electrons. The van der Waals surface area contributed by atoms with Gasteiger partial charge < -0.3 is 5.32 Å². The molecule has 1 amide bonds. The van der Waals surface area contributed by atoms with Gasteiger partial charge in [-0.2, -0.15) is 5.10 Å². The highest BCUT2D eigenvalue weighted by molar-refractivity contribution is 9.10. The van der Waals surface area contributed by atoms with Crippen LogP contribution in [0.4, 0.5) is 0 Å². The van der Waals surface area contributed by atoms with E-state index in [1.54, 1.807) is 6.07 Å². The number of nitrogens with zero attached hydrogens (tertiary/aromatic N) is 1. The van der Waals surface area contributed by atoms with Crippen LogP contribution >= 0.6 is 15.9 Å². The molecule has 3 aromatic rings. The van der Waals surface area contributed by atoms with Gasteiger partial charge in [0.2, 0.25) is 0 Å². The maximum atomic E-state index is 12.5. The van der Waals surface area contributed by atoms with Crippen LogP contribution in [0.3, 0.4) is 0 Å². The summed E-state index contributed by atoms with van der Waals surface area (Å²) in [6.07, 6.45) is 1.95. The smallest absolute Gasteiger partial charge is 0.269 e. The van der Waals surface area contributed by atoms with E-state index in [4.69, 9.17) is 0 Å². The number of aryl methyl sites for hydroxylation is 1. The third-order valence-electron chi connectivity index (χ3n) is 4.40. The van der Waals surface area contributed by atoms with Crippen LogP contribution in [0.25, 0.3) is 11.3 Å². The van der Waals surface area contributed by atoms with E-state index in [1.165, 1.54) is 11.1 Å². The van der Waals surface area contributed by atoms with Gasteiger partial charge in [0, 0.05) is 10.0 Å². The zero-order chi connectivity index (χ0) is 16.5. The fourth-order valence-corrected chi connectivity index (χ4v) is 3.41. The number of aromatic nitrogens is 2. The van der Waals surface area contributed by atoms with E-state index in [1.807, 2.05) is 36.4 Å². The number of carbonyl (C=O) groups excluding carboxylic acids is 1. The van der Waals surface area contributed by atoms with Crippen LogP contribution in [0.1, 0.15) is 34.1 Å². The predicted octanol–water partition coefficient (Wildman–Crippen LogP) is 4.26. The fourth-order valence-electron chi connectivity index (χ4n) is 3.15. The van der Waals surface area contributed by atoms with E-state index in [-0.39, 0.29) is 11.9 Å². The Labute approximate surface area is 148 Å². The van der Waals surface area contributed by atoms with Gasteiger partial charge in [0.15, 0.2) is 0 Å². The van der Waals surface area contributed by atoms with Crippen molar-refractivity contribution < 1.29 is 4.79 Å². The third kappa shape index (κ3) is 2.87. The zero-order valence-corrected chi connectivity index (χ0v) is 14.5. The Morgan fingerprint density at radius 1 is 1.17 bits per heavy atom. The number of amides is 1. The van der Waals surface area contributed by atoms with Crippen molar-refractivity contribution in [3.8, 4) is 11.3 Å². The van der Waals surface area contributed by atoms with Crippen molar-refractivity contribution >= 4 is 21.8 Å². The molecular formula is C19H16BrN3O. The third-order valence-corrected chi connectivity index (χ3v) is 4.93. The van der Waals surface area contributed by atoms with Crippen LogP contribution in [0.5, 0.6) is 0 Å². The lowest BCUT2D eigenvalue weighted by Crippen LogP contribution is -2.27. The molecule has 1 aromatic heterocycles. The molecule has 0 radical (unpaired) electrons. The maximum absolute atomic E-state index is 12.5. The van der Waals surface area contributed by atoms with Gasteiger partial charge in [0.25, 0.3) is 5.91 Å². The Morgan fingerprint density at radius 3 is 2.79 bits per heavy atom. The van der Waals surface area contributed by atoms with Gasteiger partial charge in [-0.15, -0.1) is 0 Å². The molecule has 1 atom stereocenters. The van der Waals surface area contributed by atoms with Crippen molar-refractivity contribution in [3.63, 3.8) is 0 Å². The lowest BCUT2D eigenvalue weighted by Gasteiger charge is -2.13. The first-order valence-electron chi connectivity index (χ1n) is 7.91. The molecule has 0 bridgehead atoms. The molecule has 5 heteroatoms. The molecule has 0 spiro atoms. The Morgan fingerprint density at radius 2 is 1.96 bits per heavy atom. The number of benzene rings is 2. The summed E-state index contributed by atoms with van der Waals surface area (Å²) in [5.74, 6) is -0.118. The highest BCUT2D eigenvalue weighted by atomic mass is 79.9. The molecule has 0 aliphatic heterocycles. The number of nitrogens with one attached hydrogen (secondary N) is 2. The van der Waals surface area contributed by atoms with Crippen LogP contribution < -0.4 is 5.32 Å². The average Bonchev–Trinajstić information content (AvgIpc) is 3.23. The second-order valence-corrected chi connectivity index (χ2v) is 6.85. The number of aromatic amines is 1. The Balaban J connectivity index is 1.51. The molecule has 1 unspecified atom stereocenters. The summed E-state index contributed by atoms with van der Waals surface area (Å²) < 4.78 is 1.01. The topological polar surface area (TPSA) is 57.8 Å². The molecule has 2 aromatic carbocycles. The lowest BCUT2D eigenvalue weighted by atomic mass is 10.1. The molecular weight excluding hydrogens is 366 g/mol. The van der Waals surface area contributed by atoms with Crippen LogP contribution in [0.2, 0.25) is 0 Å². The summed E-state index contributed by atoms with van der Waals surface area (Å²) in [6.45, 7) is 0. The number of hydrogen-bond acceptors (Lipinski definition) is 2. The minimum Gasteiger partial charge on any atom is -0.344 e. The van der Waals surface area contributed by atoms with Crippen LogP contribution in [0.15, 0.2) is 59.1 Å². The van der Waals surface area contributed by atoms with E-state index < -0.39 is 0 Å². The van der Waals surface area contributed by atoms with Gasteiger partial charge in [0.1, 0.15) is 5.69 Å². The number of halogens is 1. The molecule has 0 fully saturated rings. The van der Waals surface area contributed by atoms with Crippen LogP contribution in [-0.4, -0.2) is 16.1 Å². The summed E-state index contributed by atoms with van der Waals surface area (Å²) in [7, 11) is 0. The molecule has 24 heavy (non-hydrogen) atoms. The van der Waals surface area contributed by atoms with Crippen LogP contribution in [-0.2, 0) is 6.42 Å². The largest absolute Gasteiger partial charge is 0.344 e. The van der Waals surface area contributed by atoms with E-state index in [0.717, 1.165) is 28.6 Å². The summed E-state index contributed by atoms with van der Waals surface area (Å²) >= 11 is 3.42. The molecule has 1 aliphatic rings. The summed E-state index contributed by atoms with van der Waals surface area (Å²) in [6, 6.07) is 18.0. The fraction of sp³-hybridized carbons (Fsp3) is 0.158. The number of rotatable bonds is 3. The Bertz CT molecular complexity index is 886. The molecule has 0 saturated heterocycles. The van der Waals surface area contributed by atoms with Crippen molar-refractivity contribution in [2.24, 2.45) is 0 Å². The van der Waals surface area contributed by atoms with E-state index >= 15 is 0 Å². The molecule has 4 rings (SSSR count). The van der Waals surface area contributed by atoms with Crippen molar-refractivity contribution in [3.05, 3.63) is 75.9 Å². The van der Waals surface area contributed by atoms with Crippen molar-refractivity contribution in [1.82, 2.24) is 15.5 Å². The van der Waals surface area contributed by atoms with Gasteiger partial charge in [-0.05, 0) is 42.2 Å². The number of carbonyl (C=O) groups is 1. The SMILES string of the molecule is O=C(NC1CCc2ccccc21)c1cc(-c2ccc(Br)cc2)n[nH]1. The summed E-state index contributed by atoms with van der Waals surface area (Å²) in [5.41, 5.74) is 4.76. The Hall–Kier alpha value is -2.40. The second kappa shape index (κ2) is 6.24. The van der Waals surface area contributed by atoms with Gasteiger partial charge in [0.05, 0.1) is 11.7 Å². The first-order chi connectivity index (χ1) is 11.7. The molecule has 2 N–H and O–H groups in total. The van der Waals surface area contributed by atoms with Gasteiger partial charge in [-0.1, -0.05) is 52.3 Å². The predicted molar refractivity (Wildman–Crippen MR) is 96.7 cm³/mol. The number of H-pyrrole nitrogens is 1.